The van der Waals surface area contributed by atoms with E-state index in [4.69, 9.17) is 10.1 Å². The molecule has 1 aliphatic heterocycles. The van der Waals surface area contributed by atoms with E-state index in [1.165, 1.54) is 6.21 Å². The summed E-state index contributed by atoms with van der Waals surface area (Å²) in [6.07, 6.45) is 6.40. The van der Waals surface area contributed by atoms with Gasteiger partial charge in [0.1, 0.15) is 5.60 Å². The predicted molar refractivity (Wildman–Crippen MR) is 121 cm³/mol. The Balaban J connectivity index is 1.76. The highest BCUT2D eigenvalue weighted by atomic mass is 16.6. The highest BCUT2D eigenvalue weighted by molar-refractivity contribution is 5.79. The molecular formula is C23H40N4O3. The van der Waals surface area contributed by atoms with Gasteiger partial charge in [-0.1, -0.05) is 19.1 Å². The summed E-state index contributed by atoms with van der Waals surface area (Å²) < 4.78 is 5.49. The summed E-state index contributed by atoms with van der Waals surface area (Å²) in [5.41, 5.74) is 1.74. The average molecular weight is 421 g/mol. The Bertz CT molecular complexity index is 682. The third-order valence-corrected chi connectivity index (χ3v) is 6.12. The number of nitrogens with zero attached hydrogens (tertiary/aromatic N) is 2. The Hall–Kier alpha value is -1.70. The molecule has 7 heteroatoms. The molecule has 1 aliphatic carbocycles. The van der Waals surface area contributed by atoms with Crippen molar-refractivity contribution in [3.05, 3.63) is 23.3 Å². The van der Waals surface area contributed by atoms with E-state index in [9.17, 15) is 9.90 Å². The standard InChI is InChI=1S/C23H40N4O3/c1-7-9-17-15-27(16-18(17)13-24)20(28)25-14-19-12-23(19,6)10-11-26(8-2)21(29)30-22(3,4)5/h7,9,13,19-20,24-25,28H,8,10-12,14-16H2,1-6H3/b9-7-,24-13?. The van der Waals surface area contributed by atoms with Gasteiger partial charge in [-0.15, -0.1) is 0 Å². The zero-order valence-electron chi connectivity index (χ0n) is 19.5. The van der Waals surface area contributed by atoms with Gasteiger partial charge in [0.25, 0.3) is 0 Å². The van der Waals surface area contributed by atoms with Crippen LogP contribution in [0.25, 0.3) is 0 Å². The van der Waals surface area contributed by atoms with Crippen LogP contribution in [0.2, 0.25) is 0 Å². The number of ether oxygens (including phenoxy) is 1. The number of aliphatic hydroxyl groups is 1. The quantitative estimate of drug-likeness (QED) is 0.372. The van der Waals surface area contributed by atoms with Crippen LogP contribution in [-0.2, 0) is 4.74 Å². The van der Waals surface area contributed by atoms with Crippen molar-refractivity contribution in [2.24, 2.45) is 11.3 Å². The van der Waals surface area contributed by atoms with Crippen molar-refractivity contribution in [1.29, 1.82) is 5.41 Å². The summed E-state index contributed by atoms with van der Waals surface area (Å²) in [5, 5.41) is 21.4. The van der Waals surface area contributed by atoms with Crippen LogP contribution in [-0.4, -0.2) is 71.9 Å². The highest BCUT2D eigenvalue weighted by Gasteiger charge is 2.49. The van der Waals surface area contributed by atoms with Gasteiger partial charge in [-0.2, -0.15) is 0 Å². The molecule has 0 spiro atoms. The Morgan fingerprint density at radius 1 is 1.43 bits per heavy atom. The molecule has 1 amide bonds. The lowest BCUT2D eigenvalue weighted by molar-refractivity contribution is -0.00604. The van der Waals surface area contributed by atoms with Gasteiger partial charge in [0, 0.05) is 38.9 Å². The maximum absolute atomic E-state index is 12.3. The predicted octanol–water partition coefficient (Wildman–Crippen LogP) is 3.36. The topological polar surface area (TPSA) is 88.9 Å². The number of aliphatic hydroxyl groups excluding tert-OH is 1. The molecule has 0 aromatic carbocycles. The molecule has 1 saturated carbocycles. The number of hydrogen-bond donors (Lipinski definition) is 3. The first-order valence-electron chi connectivity index (χ1n) is 11.0. The Morgan fingerprint density at radius 2 is 2.10 bits per heavy atom. The van der Waals surface area contributed by atoms with Crippen LogP contribution >= 0.6 is 0 Å². The molecule has 0 radical (unpaired) electrons. The third kappa shape index (κ3) is 6.65. The number of allylic oxidation sites excluding steroid dienone is 1. The van der Waals surface area contributed by atoms with Gasteiger partial charge in [0.05, 0.1) is 0 Å². The molecule has 170 valence electrons. The molecule has 7 nitrogen and oxygen atoms in total. The van der Waals surface area contributed by atoms with Crippen LogP contribution in [0, 0.1) is 16.7 Å². The monoisotopic (exact) mass is 420 g/mol. The molecule has 1 heterocycles. The van der Waals surface area contributed by atoms with E-state index in [-0.39, 0.29) is 11.5 Å². The van der Waals surface area contributed by atoms with Crippen LogP contribution in [0.3, 0.4) is 0 Å². The van der Waals surface area contributed by atoms with Crippen LogP contribution in [0.4, 0.5) is 4.79 Å². The number of amides is 1. The van der Waals surface area contributed by atoms with Crippen molar-refractivity contribution in [2.75, 3.05) is 32.7 Å². The van der Waals surface area contributed by atoms with Crippen LogP contribution in [0.1, 0.15) is 54.4 Å². The molecule has 0 aromatic rings. The van der Waals surface area contributed by atoms with E-state index in [0.717, 1.165) is 30.5 Å². The molecule has 0 bridgehead atoms. The van der Waals surface area contributed by atoms with Gasteiger partial charge in [-0.05, 0) is 69.9 Å². The fraction of sp³-hybridized carbons (Fsp3) is 0.739. The summed E-state index contributed by atoms with van der Waals surface area (Å²) in [6, 6.07) is 0. The van der Waals surface area contributed by atoms with E-state index < -0.39 is 12.0 Å². The summed E-state index contributed by atoms with van der Waals surface area (Å²) in [7, 11) is 0. The van der Waals surface area contributed by atoms with Gasteiger partial charge < -0.3 is 20.2 Å². The minimum Gasteiger partial charge on any atom is -0.444 e. The molecule has 3 N–H and O–H groups in total. The number of carbonyl (C=O) groups excluding carboxylic acids is 1. The number of nitrogens with one attached hydrogen (secondary N) is 2. The fourth-order valence-electron chi connectivity index (χ4n) is 3.97. The van der Waals surface area contributed by atoms with Gasteiger partial charge >= 0.3 is 6.09 Å². The minimum absolute atomic E-state index is 0.182. The summed E-state index contributed by atoms with van der Waals surface area (Å²) >= 11 is 0. The SMILES string of the molecule is C/C=C\C1=C(C=N)CN(C(O)NCC2CC2(C)CCN(CC)C(=O)OC(C)(C)C)C1. The third-order valence-electron chi connectivity index (χ3n) is 6.12. The van der Waals surface area contributed by atoms with E-state index >= 15 is 0 Å². The van der Waals surface area contributed by atoms with Crippen molar-refractivity contribution < 1.29 is 14.6 Å². The Labute approximate surface area is 181 Å². The summed E-state index contributed by atoms with van der Waals surface area (Å²) in [6.45, 7) is 15.1. The van der Waals surface area contributed by atoms with E-state index in [1.807, 2.05) is 51.7 Å². The molecular weight excluding hydrogens is 380 g/mol. The first-order valence-corrected chi connectivity index (χ1v) is 11.0. The molecule has 1 fully saturated rings. The second-order valence-electron chi connectivity index (χ2n) is 9.75. The molecule has 30 heavy (non-hydrogen) atoms. The Morgan fingerprint density at radius 3 is 2.67 bits per heavy atom. The largest absolute Gasteiger partial charge is 0.444 e. The van der Waals surface area contributed by atoms with Crippen LogP contribution in [0.5, 0.6) is 0 Å². The van der Waals surface area contributed by atoms with Gasteiger partial charge in [0.2, 0.25) is 0 Å². The van der Waals surface area contributed by atoms with E-state index in [2.05, 4.69) is 12.2 Å². The van der Waals surface area contributed by atoms with Gasteiger partial charge in [-0.3, -0.25) is 10.2 Å². The molecule has 3 unspecified atom stereocenters. The maximum atomic E-state index is 12.3. The zero-order chi connectivity index (χ0) is 22.5. The normalized spacial score (nSPS) is 25.6. The van der Waals surface area contributed by atoms with Crippen molar-refractivity contribution in [2.45, 2.75) is 66.3 Å². The first-order chi connectivity index (χ1) is 14.0. The van der Waals surface area contributed by atoms with Crippen LogP contribution in [0.15, 0.2) is 23.3 Å². The van der Waals surface area contributed by atoms with Crippen molar-refractivity contribution in [1.82, 2.24) is 15.1 Å². The average Bonchev–Trinajstić information content (AvgIpc) is 3.12. The second-order valence-corrected chi connectivity index (χ2v) is 9.75. The lowest BCUT2D eigenvalue weighted by atomic mass is 10.0. The minimum atomic E-state index is -0.721. The van der Waals surface area contributed by atoms with Crippen molar-refractivity contribution in [3.63, 3.8) is 0 Å². The molecule has 0 aromatic heterocycles. The zero-order valence-corrected chi connectivity index (χ0v) is 19.5. The second kappa shape index (κ2) is 10.1. The van der Waals surface area contributed by atoms with Gasteiger partial charge in [-0.25, -0.2) is 4.79 Å². The maximum Gasteiger partial charge on any atom is 0.410 e. The molecule has 2 aliphatic rings. The van der Waals surface area contributed by atoms with Crippen molar-refractivity contribution >= 4 is 12.3 Å². The van der Waals surface area contributed by atoms with Crippen molar-refractivity contribution in [3.8, 4) is 0 Å². The van der Waals surface area contributed by atoms with Crippen LogP contribution < -0.4 is 5.32 Å². The number of hydrogen-bond acceptors (Lipinski definition) is 6. The molecule has 0 saturated heterocycles. The summed E-state index contributed by atoms with van der Waals surface area (Å²) in [5.74, 6) is 0.484. The smallest absolute Gasteiger partial charge is 0.410 e. The first kappa shape index (κ1) is 24.6. The molecule has 3 atom stereocenters. The lowest BCUT2D eigenvalue weighted by Crippen LogP contribution is -2.46. The number of carbonyl (C=O) groups is 1. The molecule has 2 rings (SSSR count). The Kier molecular flexibility index (Phi) is 8.25. The lowest BCUT2D eigenvalue weighted by Gasteiger charge is -2.28. The fourth-order valence-corrected chi connectivity index (χ4v) is 3.97. The highest BCUT2D eigenvalue weighted by Crippen LogP contribution is 2.54. The van der Waals surface area contributed by atoms with E-state index in [0.29, 0.717) is 32.1 Å². The van der Waals surface area contributed by atoms with Gasteiger partial charge in [0.15, 0.2) is 6.35 Å². The summed E-state index contributed by atoms with van der Waals surface area (Å²) in [4.78, 5) is 16.0. The van der Waals surface area contributed by atoms with E-state index in [1.54, 1.807) is 4.90 Å². The number of rotatable bonds is 10.